The molecule has 0 unspecified atom stereocenters. The van der Waals surface area contributed by atoms with Gasteiger partial charge in [-0.2, -0.15) is 5.10 Å². The number of rotatable bonds is 6. The summed E-state index contributed by atoms with van der Waals surface area (Å²) in [5, 5.41) is 10.8. The van der Waals surface area contributed by atoms with Crippen molar-refractivity contribution in [2.24, 2.45) is 0 Å². The SMILES string of the molecule is Cl.O=C(NCCCN1CCNCC1)c1nn(-c2ccccc2F)c2c1CCC2. The van der Waals surface area contributed by atoms with Crippen LogP contribution in [0.15, 0.2) is 24.3 Å². The molecule has 152 valence electrons. The molecule has 0 atom stereocenters. The summed E-state index contributed by atoms with van der Waals surface area (Å²) >= 11 is 0. The molecule has 0 spiro atoms. The summed E-state index contributed by atoms with van der Waals surface area (Å²) in [5.41, 5.74) is 2.80. The molecule has 1 aliphatic carbocycles. The van der Waals surface area contributed by atoms with E-state index in [-0.39, 0.29) is 24.1 Å². The predicted octanol–water partition coefficient (Wildman–Crippen LogP) is 1.95. The predicted molar refractivity (Wildman–Crippen MR) is 109 cm³/mol. The van der Waals surface area contributed by atoms with Crippen LogP contribution in [0.4, 0.5) is 4.39 Å². The van der Waals surface area contributed by atoms with E-state index < -0.39 is 0 Å². The van der Waals surface area contributed by atoms with E-state index in [0.29, 0.717) is 17.9 Å². The van der Waals surface area contributed by atoms with Crippen LogP contribution in [0.3, 0.4) is 0 Å². The van der Waals surface area contributed by atoms with E-state index in [9.17, 15) is 9.18 Å². The molecule has 0 radical (unpaired) electrons. The summed E-state index contributed by atoms with van der Waals surface area (Å²) in [4.78, 5) is 15.1. The number of para-hydroxylation sites is 1. The van der Waals surface area contributed by atoms with Gasteiger partial charge < -0.3 is 15.5 Å². The second-order valence-corrected chi connectivity index (χ2v) is 7.19. The van der Waals surface area contributed by atoms with Crippen molar-refractivity contribution in [1.29, 1.82) is 0 Å². The molecule has 2 N–H and O–H groups in total. The molecule has 8 heteroatoms. The van der Waals surface area contributed by atoms with Gasteiger partial charge >= 0.3 is 0 Å². The summed E-state index contributed by atoms with van der Waals surface area (Å²) < 4.78 is 15.8. The van der Waals surface area contributed by atoms with Crippen LogP contribution in [0, 0.1) is 5.82 Å². The highest BCUT2D eigenvalue weighted by Gasteiger charge is 2.27. The molecule has 1 fully saturated rings. The number of halogens is 2. The van der Waals surface area contributed by atoms with Crippen molar-refractivity contribution in [1.82, 2.24) is 25.3 Å². The van der Waals surface area contributed by atoms with Crippen molar-refractivity contribution >= 4 is 18.3 Å². The van der Waals surface area contributed by atoms with Gasteiger partial charge in [-0.25, -0.2) is 9.07 Å². The van der Waals surface area contributed by atoms with E-state index in [1.165, 1.54) is 6.07 Å². The Morgan fingerprint density at radius 3 is 2.79 bits per heavy atom. The van der Waals surface area contributed by atoms with Crippen molar-refractivity contribution in [2.75, 3.05) is 39.3 Å². The molecular weight excluding hydrogens is 381 g/mol. The molecule has 2 aromatic rings. The molecule has 6 nitrogen and oxygen atoms in total. The largest absolute Gasteiger partial charge is 0.351 e. The van der Waals surface area contributed by atoms with Gasteiger partial charge in [-0.1, -0.05) is 12.1 Å². The Morgan fingerprint density at radius 2 is 2.00 bits per heavy atom. The fourth-order valence-corrected chi connectivity index (χ4v) is 3.97. The van der Waals surface area contributed by atoms with Gasteiger partial charge in [-0.3, -0.25) is 4.79 Å². The Morgan fingerprint density at radius 1 is 1.21 bits per heavy atom. The minimum absolute atomic E-state index is 0. The van der Waals surface area contributed by atoms with E-state index in [1.807, 2.05) is 0 Å². The number of nitrogens with one attached hydrogen (secondary N) is 2. The van der Waals surface area contributed by atoms with Crippen molar-refractivity contribution < 1.29 is 9.18 Å². The van der Waals surface area contributed by atoms with Crippen LogP contribution in [0.2, 0.25) is 0 Å². The standard InChI is InChI=1S/C20H26FN5O.ClH/c21-16-6-1-2-7-18(16)26-17-8-3-5-15(17)19(24-26)20(27)23-9-4-12-25-13-10-22-11-14-25;/h1-2,6-7,22H,3-5,8-14H2,(H,23,27);1H. The third-order valence-electron chi connectivity index (χ3n) is 5.37. The molecule has 2 heterocycles. The minimum atomic E-state index is -0.322. The average Bonchev–Trinajstić information content (AvgIpc) is 3.29. The maximum atomic E-state index is 14.2. The lowest BCUT2D eigenvalue weighted by atomic mass is 10.2. The minimum Gasteiger partial charge on any atom is -0.351 e. The third kappa shape index (κ3) is 4.37. The number of carbonyl (C=O) groups is 1. The average molecular weight is 408 g/mol. The number of hydrogen-bond donors (Lipinski definition) is 2. The van der Waals surface area contributed by atoms with Crippen LogP contribution in [0.25, 0.3) is 5.69 Å². The van der Waals surface area contributed by atoms with Gasteiger partial charge in [0, 0.05) is 44.0 Å². The molecule has 1 amide bonds. The smallest absolute Gasteiger partial charge is 0.272 e. The fraction of sp³-hybridized carbons (Fsp3) is 0.500. The first-order valence-corrected chi connectivity index (χ1v) is 9.81. The number of hydrogen-bond acceptors (Lipinski definition) is 4. The van der Waals surface area contributed by atoms with Crippen LogP contribution < -0.4 is 10.6 Å². The lowest BCUT2D eigenvalue weighted by molar-refractivity contribution is 0.0945. The Labute approximate surface area is 170 Å². The molecule has 0 bridgehead atoms. The van der Waals surface area contributed by atoms with E-state index in [4.69, 9.17) is 0 Å². The molecular formula is C20H27ClFN5O. The van der Waals surface area contributed by atoms with Crippen molar-refractivity contribution in [3.05, 3.63) is 47.0 Å². The van der Waals surface area contributed by atoms with E-state index in [0.717, 1.165) is 69.7 Å². The number of nitrogens with zero attached hydrogens (tertiary/aromatic N) is 3. The Balaban J connectivity index is 0.00000225. The summed E-state index contributed by atoms with van der Waals surface area (Å²) in [5.74, 6) is -0.471. The van der Waals surface area contributed by atoms with Gasteiger partial charge in [0.1, 0.15) is 11.5 Å². The highest BCUT2D eigenvalue weighted by molar-refractivity contribution is 5.94. The first kappa shape index (κ1) is 20.8. The molecule has 1 aromatic carbocycles. The Bertz CT molecular complexity index is 819. The van der Waals surface area contributed by atoms with Crippen LogP contribution in [0.5, 0.6) is 0 Å². The lowest BCUT2D eigenvalue weighted by Crippen LogP contribution is -2.44. The quantitative estimate of drug-likeness (QED) is 0.718. The van der Waals surface area contributed by atoms with Crippen molar-refractivity contribution in [2.45, 2.75) is 25.7 Å². The molecule has 0 saturated carbocycles. The first-order valence-electron chi connectivity index (χ1n) is 9.81. The van der Waals surface area contributed by atoms with Gasteiger partial charge in [0.2, 0.25) is 0 Å². The normalized spacial score (nSPS) is 16.5. The number of carbonyl (C=O) groups excluding carboxylic acids is 1. The number of amides is 1. The van der Waals surface area contributed by atoms with E-state index in [2.05, 4.69) is 20.6 Å². The highest BCUT2D eigenvalue weighted by Crippen LogP contribution is 2.28. The van der Waals surface area contributed by atoms with Gasteiger partial charge in [-0.15, -0.1) is 12.4 Å². The first-order chi connectivity index (χ1) is 13.2. The van der Waals surface area contributed by atoms with Crippen LogP contribution in [-0.4, -0.2) is 59.9 Å². The zero-order valence-corrected chi connectivity index (χ0v) is 16.7. The molecule has 2 aliphatic rings. The second kappa shape index (κ2) is 9.49. The zero-order valence-electron chi connectivity index (χ0n) is 15.9. The summed E-state index contributed by atoms with van der Waals surface area (Å²) in [7, 11) is 0. The Kier molecular flexibility index (Phi) is 7.04. The molecule has 1 aliphatic heterocycles. The summed E-state index contributed by atoms with van der Waals surface area (Å²) in [6.45, 7) is 5.81. The number of aromatic nitrogens is 2. The zero-order chi connectivity index (χ0) is 18.6. The van der Waals surface area contributed by atoms with E-state index >= 15 is 0 Å². The third-order valence-corrected chi connectivity index (χ3v) is 5.37. The van der Waals surface area contributed by atoms with Gasteiger partial charge in [-0.05, 0) is 44.4 Å². The maximum Gasteiger partial charge on any atom is 0.272 e. The fourth-order valence-electron chi connectivity index (χ4n) is 3.97. The molecule has 28 heavy (non-hydrogen) atoms. The van der Waals surface area contributed by atoms with Crippen LogP contribution in [0.1, 0.15) is 34.6 Å². The van der Waals surface area contributed by atoms with Gasteiger partial charge in [0.05, 0.1) is 0 Å². The van der Waals surface area contributed by atoms with Crippen molar-refractivity contribution in [3.8, 4) is 5.69 Å². The second-order valence-electron chi connectivity index (χ2n) is 7.19. The number of benzene rings is 1. The van der Waals surface area contributed by atoms with Gasteiger partial charge in [0.15, 0.2) is 5.69 Å². The van der Waals surface area contributed by atoms with Gasteiger partial charge in [0.25, 0.3) is 5.91 Å². The summed E-state index contributed by atoms with van der Waals surface area (Å²) in [6, 6.07) is 6.58. The maximum absolute atomic E-state index is 14.2. The van der Waals surface area contributed by atoms with Crippen LogP contribution >= 0.6 is 12.4 Å². The molecule has 1 aromatic heterocycles. The molecule has 1 saturated heterocycles. The monoisotopic (exact) mass is 407 g/mol. The Hall–Kier alpha value is -1.96. The highest BCUT2D eigenvalue weighted by atomic mass is 35.5. The molecule has 4 rings (SSSR count). The summed E-state index contributed by atoms with van der Waals surface area (Å²) in [6.07, 6.45) is 3.55. The van der Waals surface area contributed by atoms with E-state index in [1.54, 1.807) is 22.9 Å². The topological polar surface area (TPSA) is 62.2 Å². The van der Waals surface area contributed by atoms with Crippen LogP contribution in [-0.2, 0) is 12.8 Å². The lowest BCUT2D eigenvalue weighted by Gasteiger charge is -2.27. The number of piperazine rings is 1. The van der Waals surface area contributed by atoms with Crippen molar-refractivity contribution in [3.63, 3.8) is 0 Å². The number of fused-ring (bicyclic) bond motifs is 1.